The molecule has 0 saturated carbocycles. The van der Waals surface area contributed by atoms with Crippen molar-refractivity contribution < 1.29 is 13.9 Å². The monoisotopic (exact) mass is 361 g/mol. The Kier molecular flexibility index (Phi) is 4.85. The number of benzene rings is 2. The number of hydrogen-bond donors (Lipinski definition) is 0. The number of hydrogen-bond acceptors (Lipinski definition) is 5. The Hall–Kier alpha value is -3.18. The van der Waals surface area contributed by atoms with Crippen LogP contribution >= 0.6 is 0 Å². The van der Waals surface area contributed by atoms with Crippen molar-refractivity contribution in [1.82, 2.24) is 4.90 Å². The van der Waals surface area contributed by atoms with Crippen LogP contribution in [0.4, 0.5) is 0 Å². The van der Waals surface area contributed by atoms with Crippen molar-refractivity contribution in [2.45, 2.75) is 26.2 Å². The summed E-state index contributed by atoms with van der Waals surface area (Å²) in [5, 5.41) is 0. The average molecular weight is 361 g/mol. The third kappa shape index (κ3) is 3.99. The predicted molar refractivity (Wildman–Crippen MR) is 101 cm³/mol. The first kappa shape index (κ1) is 17.2. The van der Waals surface area contributed by atoms with Crippen LogP contribution in [0.25, 0.3) is 0 Å². The summed E-state index contributed by atoms with van der Waals surface area (Å²) in [6.07, 6.45) is 2.16. The van der Waals surface area contributed by atoms with Gasteiger partial charge in [-0.25, -0.2) is 0 Å². The highest BCUT2D eigenvalue weighted by Gasteiger charge is 2.19. The molecule has 3 aromatic rings. The van der Waals surface area contributed by atoms with Crippen LogP contribution in [0.15, 0.2) is 70.1 Å². The first-order valence-corrected chi connectivity index (χ1v) is 8.79. The molecule has 0 N–H and O–H groups in total. The quantitative estimate of drug-likeness (QED) is 0.629. The second-order valence-corrected chi connectivity index (χ2v) is 6.64. The summed E-state index contributed by atoms with van der Waals surface area (Å²) in [6, 6.07) is 16.9. The van der Waals surface area contributed by atoms with E-state index in [0.29, 0.717) is 17.9 Å². The molecule has 4 rings (SSSR count). The highest BCUT2D eigenvalue weighted by molar-refractivity contribution is 5.74. The minimum absolute atomic E-state index is 0.183. The lowest BCUT2D eigenvalue weighted by molar-refractivity contribution is 0.112. The summed E-state index contributed by atoms with van der Waals surface area (Å²) in [5.74, 6) is 0.804. The van der Waals surface area contributed by atoms with Crippen LogP contribution < -0.4 is 10.2 Å². The van der Waals surface area contributed by atoms with Crippen LogP contribution in [0.3, 0.4) is 0 Å². The molecule has 2 heterocycles. The maximum absolute atomic E-state index is 12.3. The second kappa shape index (κ2) is 7.60. The molecule has 27 heavy (non-hydrogen) atoms. The molecular weight excluding hydrogens is 342 g/mol. The molecule has 5 heteroatoms. The molecule has 0 spiro atoms. The fourth-order valence-corrected chi connectivity index (χ4v) is 3.22. The fraction of sp³-hybridized carbons (Fsp3) is 0.182. The van der Waals surface area contributed by atoms with Crippen molar-refractivity contribution in [3.8, 4) is 5.75 Å². The van der Waals surface area contributed by atoms with E-state index in [4.69, 9.17) is 9.15 Å². The summed E-state index contributed by atoms with van der Waals surface area (Å²) in [7, 11) is 0. The smallest absolute Gasteiger partial charge is 0.227 e. The second-order valence-electron chi connectivity index (χ2n) is 6.64. The van der Waals surface area contributed by atoms with Gasteiger partial charge in [-0.05, 0) is 16.7 Å². The van der Waals surface area contributed by atoms with E-state index < -0.39 is 0 Å². The van der Waals surface area contributed by atoms with Crippen molar-refractivity contribution in [2.75, 3.05) is 0 Å². The minimum Gasteiger partial charge on any atom is -0.482 e. The largest absolute Gasteiger partial charge is 0.482 e. The molecule has 136 valence electrons. The van der Waals surface area contributed by atoms with E-state index in [1.165, 1.54) is 23.5 Å². The lowest BCUT2D eigenvalue weighted by Gasteiger charge is -2.14. The number of ether oxygens (including phenoxy) is 1. The van der Waals surface area contributed by atoms with Crippen LogP contribution in [0.1, 0.15) is 32.8 Å². The first-order valence-electron chi connectivity index (χ1n) is 8.79. The van der Waals surface area contributed by atoms with Crippen LogP contribution in [-0.4, -0.2) is 11.2 Å². The van der Waals surface area contributed by atoms with Gasteiger partial charge in [-0.15, -0.1) is 0 Å². The van der Waals surface area contributed by atoms with E-state index in [2.05, 4.69) is 17.0 Å². The van der Waals surface area contributed by atoms with Crippen molar-refractivity contribution in [1.29, 1.82) is 0 Å². The summed E-state index contributed by atoms with van der Waals surface area (Å²) in [5.41, 5.74) is 3.92. The lowest BCUT2D eigenvalue weighted by atomic mass is 10.1. The van der Waals surface area contributed by atoms with Crippen molar-refractivity contribution in [3.05, 3.63) is 99.1 Å². The van der Waals surface area contributed by atoms with Crippen LogP contribution in [-0.2, 0) is 26.2 Å². The van der Waals surface area contributed by atoms with Gasteiger partial charge in [0.25, 0.3) is 0 Å². The van der Waals surface area contributed by atoms with Crippen molar-refractivity contribution >= 4 is 6.29 Å². The molecule has 5 nitrogen and oxygen atoms in total. The molecule has 0 bridgehead atoms. The van der Waals surface area contributed by atoms with E-state index in [1.54, 1.807) is 24.3 Å². The Balaban J connectivity index is 1.38. The summed E-state index contributed by atoms with van der Waals surface area (Å²) < 4.78 is 11.2. The van der Waals surface area contributed by atoms with E-state index in [0.717, 1.165) is 24.9 Å². The molecule has 0 saturated heterocycles. The van der Waals surface area contributed by atoms with Crippen LogP contribution in [0.5, 0.6) is 5.75 Å². The molecule has 0 atom stereocenters. The average Bonchev–Trinajstić information content (AvgIpc) is 3.10. The molecule has 0 unspecified atom stereocenters. The molecule has 1 aromatic heterocycles. The number of aldehydes is 1. The Morgan fingerprint density at radius 1 is 1.04 bits per heavy atom. The Labute approximate surface area is 156 Å². The zero-order valence-electron chi connectivity index (χ0n) is 14.8. The number of nitrogens with zero attached hydrogens (tertiary/aromatic N) is 1. The van der Waals surface area contributed by atoms with Gasteiger partial charge in [0.05, 0.1) is 6.54 Å². The molecule has 2 aromatic carbocycles. The van der Waals surface area contributed by atoms with Gasteiger partial charge >= 0.3 is 0 Å². The van der Waals surface area contributed by atoms with Gasteiger partial charge in [0.1, 0.15) is 24.9 Å². The topological polar surface area (TPSA) is 59.8 Å². The predicted octanol–water partition coefficient (Wildman–Crippen LogP) is 3.55. The van der Waals surface area contributed by atoms with Gasteiger partial charge in [0, 0.05) is 24.7 Å². The minimum atomic E-state index is -0.197. The Morgan fingerprint density at radius 2 is 1.74 bits per heavy atom. The highest BCUT2D eigenvalue weighted by atomic mass is 16.5. The zero-order chi connectivity index (χ0) is 18.6. The first-order chi connectivity index (χ1) is 13.2. The Morgan fingerprint density at radius 3 is 2.37 bits per heavy atom. The van der Waals surface area contributed by atoms with E-state index in [-0.39, 0.29) is 17.8 Å². The van der Waals surface area contributed by atoms with Gasteiger partial charge in [0.2, 0.25) is 11.2 Å². The summed E-state index contributed by atoms with van der Waals surface area (Å²) in [4.78, 5) is 25.2. The number of fused-ring (bicyclic) bond motifs is 1. The van der Waals surface area contributed by atoms with Gasteiger partial charge in [-0.1, -0.05) is 48.5 Å². The van der Waals surface area contributed by atoms with Crippen LogP contribution in [0.2, 0.25) is 0 Å². The molecule has 0 amide bonds. The zero-order valence-corrected chi connectivity index (χ0v) is 14.8. The molecule has 1 aliphatic heterocycles. The molecule has 1 aliphatic rings. The van der Waals surface area contributed by atoms with Crippen LogP contribution in [0, 0.1) is 0 Å². The fourth-order valence-electron chi connectivity index (χ4n) is 3.22. The van der Waals surface area contributed by atoms with Crippen molar-refractivity contribution in [3.63, 3.8) is 0 Å². The Bertz CT molecular complexity index is 982. The standard InChI is InChI=1S/C22H19NO4/c24-13-16-5-7-17(8-6-16)14-27-22-15-26-20(9-21(22)25)12-23-10-18-3-1-2-4-19(18)11-23/h1-9,13,15H,10-12,14H2. The molecule has 0 radical (unpaired) electrons. The SMILES string of the molecule is O=Cc1ccc(COc2coc(CN3Cc4ccccc4C3)cc2=O)cc1. The highest BCUT2D eigenvalue weighted by Crippen LogP contribution is 2.24. The van der Waals surface area contributed by atoms with Gasteiger partial charge in [-0.3, -0.25) is 14.5 Å². The lowest BCUT2D eigenvalue weighted by Crippen LogP contribution is -2.17. The number of carbonyl (C=O) groups excluding carboxylic acids is 1. The molecular formula is C22H19NO4. The summed E-state index contributed by atoms with van der Waals surface area (Å²) in [6.45, 7) is 2.53. The summed E-state index contributed by atoms with van der Waals surface area (Å²) >= 11 is 0. The molecule has 0 fully saturated rings. The normalized spacial score (nSPS) is 13.3. The van der Waals surface area contributed by atoms with Gasteiger partial charge < -0.3 is 9.15 Å². The van der Waals surface area contributed by atoms with E-state index in [9.17, 15) is 9.59 Å². The maximum atomic E-state index is 12.3. The third-order valence-corrected chi connectivity index (χ3v) is 4.65. The maximum Gasteiger partial charge on any atom is 0.227 e. The van der Waals surface area contributed by atoms with Gasteiger partial charge in [-0.2, -0.15) is 0 Å². The van der Waals surface area contributed by atoms with Crippen molar-refractivity contribution in [2.24, 2.45) is 0 Å². The number of carbonyl (C=O) groups is 1. The van der Waals surface area contributed by atoms with Gasteiger partial charge in [0.15, 0.2) is 0 Å². The molecule has 0 aliphatic carbocycles. The van der Waals surface area contributed by atoms with E-state index >= 15 is 0 Å². The number of rotatable bonds is 6. The third-order valence-electron chi connectivity index (χ3n) is 4.65. The van der Waals surface area contributed by atoms with E-state index in [1.807, 2.05) is 12.1 Å².